The maximum absolute atomic E-state index is 12.5. The minimum atomic E-state index is -0.148. The zero-order valence-electron chi connectivity index (χ0n) is 12.1. The molecule has 1 aliphatic heterocycles. The number of carbonyl (C=O) groups is 1. The average molecular weight is 262 g/mol. The van der Waals surface area contributed by atoms with Crippen molar-refractivity contribution in [3.05, 3.63) is 0 Å². The molecule has 3 nitrogen and oxygen atoms in total. The summed E-state index contributed by atoms with van der Waals surface area (Å²) in [5.74, 6) is 1.30. The Kier molecular flexibility index (Phi) is 5.24. The summed E-state index contributed by atoms with van der Waals surface area (Å²) >= 11 is 0. The molecule has 0 aromatic carbocycles. The summed E-state index contributed by atoms with van der Waals surface area (Å²) in [6, 6.07) is 2.13. The summed E-state index contributed by atoms with van der Waals surface area (Å²) in [7, 11) is 0. The van der Waals surface area contributed by atoms with Crippen molar-refractivity contribution in [2.75, 3.05) is 6.54 Å². The van der Waals surface area contributed by atoms with Gasteiger partial charge in [-0.2, -0.15) is 5.26 Å². The van der Waals surface area contributed by atoms with Gasteiger partial charge in [0.2, 0.25) is 5.91 Å². The third kappa shape index (κ3) is 3.49. The number of nitrogens with zero attached hydrogens (tertiary/aromatic N) is 2. The Labute approximate surface area is 117 Å². The molecule has 0 aromatic heterocycles. The van der Waals surface area contributed by atoms with Gasteiger partial charge >= 0.3 is 0 Å². The van der Waals surface area contributed by atoms with Crippen LogP contribution in [0.4, 0.5) is 0 Å². The van der Waals surface area contributed by atoms with Crippen molar-refractivity contribution in [3.63, 3.8) is 0 Å². The molecular formula is C16H26N2O. The minimum Gasteiger partial charge on any atom is -0.326 e. The van der Waals surface area contributed by atoms with Crippen molar-refractivity contribution in [2.24, 2.45) is 11.8 Å². The van der Waals surface area contributed by atoms with E-state index in [1.807, 2.05) is 4.90 Å². The Morgan fingerprint density at radius 3 is 2.63 bits per heavy atom. The predicted octanol–water partition coefficient (Wildman–Crippen LogP) is 3.50. The van der Waals surface area contributed by atoms with Gasteiger partial charge in [0.15, 0.2) is 0 Å². The Morgan fingerprint density at radius 1 is 1.26 bits per heavy atom. The maximum atomic E-state index is 12.5. The fraction of sp³-hybridized carbons (Fsp3) is 0.875. The smallest absolute Gasteiger partial charge is 0.226 e. The lowest BCUT2D eigenvalue weighted by atomic mass is 9.79. The molecule has 1 unspecified atom stereocenters. The second-order valence-corrected chi connectivity index (χ2v) is 6.18. The van der Waals surface area contributed by atoms with E-state index in [1.54, 1.807) is 0 Å². The van der Waals surface area contributed by atoms with Crippen LogP contribution >= 0.6 is 0 Å². The molecule has 2 aliphatic rings. The molecule has 2 rings (SSSR count). The van der Waals surface area contributed by atoms with Crippen LogP contribution in [0.1, 0.15) is 64.7 Å². The van der Waals surface area contributed by atoms with E-state index in [1.165, 1.54) is 32.1 Å². The largest absolute Gasteiger partial charge is 0.326 e. The van der Waals surface area contributed by atoms with Gasteiger partial charge in [0, 0.05) is 12.5 Å². The molecule has 1 heterocycles. The molecule has 3 heteroatoms. The maximum Gasteiger partial charge on any atom is 0.226 e. The quantitative estimate of drug-likeness (QED) is 0.778. The van der Waals surface area contributed by atoms with Crippen LogP contribution in [0, 0.1) is 23.2 Å². The highest BCUT2D eigenvalue weighted by Gasteiger charge is 2.34. The van der Waals surface area contributed by atoms with Crippen molar-refractivity contribution in [2.45, 2.75) is 70.8 Å². The normalized spacial score (nSPS) is 31.2. The van der Waals surface area contributed by atoms with Crippen LogP contribution in [0.15, 0.2) is 0 Å². The first kappa shape index (κ1) is 14.4. The number of unbranched alkanes of at least 4 members (excludes halogenated alkanes) is 1. The molecule has 1 atom stereocenters. The lowest BCUT2D eigenvalue weighted by Gasteiger charge is -2.31. The SMILES string of the molecule is CCCCC1CCC(C(=O)N2CCCC2C#N)CC1. The van der Waals surface area contributed by atoms with E-state index >= 15 is 0 Å². The molecular weight excluding hydrogens is 236 g/mol. The van der Waals surface area contributed by atoms with Crippen molar-refractivity contribution in [1.29, 1.82) is 5.26 Å². The Balaban J connectivity index is 1.81. The van der Waals surface area contributed by atoms with Crippen LogP contribution < -0.4 is 0 Å². The summed E-state index contributed by atoms with van der Waals surface area (Å²) in [5.41, 5.74) is 0. The molecule has 0 N–H and O–H groups in total. The van der Waals surface area contributed by atoms with Crippen LogP contribution in [-0.2, 0) is 4.79 Å². The standard InChI is InChI=1S/C16H26N2O/c1-2-3-5-13-7-9-14(10-8-13)16(19)18-11-4-6-15(18)12-17/h13-15H,2-11H2,1H3. The van der Waals surface area contributed by atoms with E-state index < -0.39 is 0 Å². The Hall–Kier alpha value is -1.04. The molecule has 1 aliphatic carbocycles. The first-order chi connectivity index (χ1) is 9.26. The summed E-state index contributed by atoms with van der Waals surface area (Å²) in [5, 5.41) is 9.08. The van der Waals surface area contributed by atoms with Crippen molar-refractivity contribution >= 4 is 5.91 Å². The topological polar surface area (TPSA) is 44.1 Å². The first-order valence-electron chi connectivity index (χ1n) is 7.96. The number of likely N-dealkylation sites (tertiary alicyclic amines) is 1. The summed E-state index contributed by atoms with van der Waals surface area (Å²) in [6.07, 6.45) is 10.3. The van der Waals surface area contributed by atoms with Crippen LogP contribution in [0.5, 0.6) is 0 Å². The molecule has 1 saturated carbocycles. The third-order valence-corrected chi connectivity index (χ3v) is 4.85. The minimum absolute atomic E-state index is 0.148. The van der Waals surface area contributed by atoms with Gasteiger partial charge in [-0.1, -0.05) is 26.2 Å². The molecule has 19 heavy (non-hydrogen) atoms. The highest BCUT2D eigenvalue weighted by Crippen LogP contribution is 2.34. The molecule has 2 fully saturated rings. The van der Waals surface area contributed by atoms with E-state index in [2.05, 4.69) is 13.0 Å². The van der Waals surface area contributed by atoms with E-state index in [9.17, 15) is 4.79 Å². The van der Waals surface area contributed by atoms with Gasteiger partial charge in [-0.05, 0) is 44.4 Å². The van der Waals surface area contributed by atoms with E-state index in [0.29, 0.717) is 0 Å². The van der Waals surface area contributed by atoms with E-state index in [4.69, 9.17) is 5.26 Å². The van der Waals surface area contributed by atoms with Crippen LogP contribution in [0.2, 0.25) is 0 Å². The van der Waals surface area contributed by atoms with Crippen LogP contribution in [-0.4, -0.2) is 23.4 Å². The van der Waals surface area contributed by atoms with Crippen molar-refractivity contribution in [3.8, 4) is 6.07 Å². The zero-order chi connectivity index (χ0) is 13.7. The average Bonchev–Trinajstić information content (AvgIpc) is 2.93. The first-order valence-corrected chi connectivity index (χ1v) is 7.96. The second-order valence-electron chi connectivity index (χ2n) is 6.18. The van der Waals surface area contributed by atoms with Gasteiger partial charge in [-0.25, -0.2) is 0 Å². The van der Waals surface area contributed by atoms with Crippen molar-refractivity contribution < 1.29 is 4.79 Å². The summed E-state index contributed by atoms with van der Waals surface area (Å²) in [4.78, 5) is 14.3. The molecule has 0 radical (unpaired) electrons. The lowest BCUT2D eigenvalue weighted by Crippen LogP contribution is -2.40. The fourth-order valence-corrected chi connectivity index (χ4v) is 3.59. The Morgan fingerprint density at radius 2 is 2.00 bits per heavy atom. The number of carbonyl (C=O) groups excluding carboxylic acids is 1. The highest BCUT2D eigenvalue weighted by molar-refractivity contribution is 5.79. The number of hydrogen-bond donors (Lipinski definition) is 0. The number of amides is 1. The molecule has 0 bridgehead atoms. The number of nitriles is 1. The highest BCUT2D eigenvalue weighted by atomic mass is 16.2. The zero-order valence-corrected chi connectivity index (χ0v) is 12.1. The second kappa shape index (κ2) is 6.93. The van der Waals surface area contributed by atoms with Gasteiger partial charge in [0.1, 0.15) is 6.04 Å². The van der Waals surface area contributed by atoms with E-state index in [-0.39, 0.29) is 17.9 Å². The summed E-state index contributed by atoms with van der Waals surface area (Å²) < 4.78 is 0. The lowest BCUT2D eigenvalue weighted by molar-refractivity contribution is -0.136. The van der Waals surface area contributed by atoms with Gasteiger partial charge < -0.3 is 4.90 Å². The molecule has 0 aromatic rings. The molecule has 106 valence electrons. The van der Waals surface area contributed by atoms with E-state index in [0.717, 1.165) is 38.1 Å². The molecule has 1 saturated heterocycles. The number of rotatable bonds is 4. The number of hydrogen-bond acceptors (Lipinski definition) is 2. The van der Waals surface area contributed by atoms with Gasteiger partial charge in [0.05, 0.1) is 6.07 Å². The molecule has 1 amide bonds. The Bertz CT molecular complexity index is 339. The fourth-order valence-electron chi connectivity index (χ4n) is 3.59. The summed E-state index contributed by atoms with van der Waals surface area (Å²) in [6.45, 7) is 3.04. The van der Waals surface area contributed by atoms with Gasteiger partial charge in [0.25, 0.3) is 0 Å². The van der Waals surface area contributed by atoms with Crippen LogP contribution in [0.25, 0.3) is 0 Å². The van der Waals surface area contributed by atoms with Crippen molar-refractivity contribution in [1.82, 2.24) is 4.90 Å². The van der Waals surface area contributed by atoms with Gasteiger partial charge in [-0.15, -0.1) is 0 Å². The third-order valence-electron chi connectivity index (χ3n) is 4.85. The monoisotopic (exact) mass is 262 g/mol. The molecule has 0 spiro atoms. The van der Waals surface area contributed by atoms with Crippen LogP contribution in [0.3, 0.4) is 0 Å². The van der Waals surface area contributed by atoms with Gasteiger partial charge in [-0.3, -0.25) is 4.79 Å². The predicted molar refractivity (Wildman–Crippen MR) is 75.3 cm³/mol.